The van der Waals surface area contributed by atoms with E-state index in [1.165, 1.54) is 0 Å². The van der Waals surface area contributed by atoms with Crippen molar-refractivity contribution in [1.29, 1.82) is 0 Å². The molecule has 0 radical (unpaired) electrons. The number of hydrogen-bond donors (Lipinski definition) is 1. The molecule has 136 valence electrons. The van der Waals surface area contributed by atoms with Gasteiger partial charge >= 0.3 is 0 Å². The van der Waals surface area contributed by atoms with E-state index in [9.17, 15) is 9.59 Å². The van der Waals surface area contributed by atoms with Crippen LogP contribution in [-0.2, 0) is 14.3 Å². The first-order valence-electron chi connectivity index (χ1n) is 9.12. The highest BCUT2D eigenvalue weighted by Crippen LogP contribution is 2.25. The van der Waals surface area contributed by atoms with Crippen molar-refractivity contribution in [2.45, 2.75) is 31.9 Å². The average Bonchev–Trinajstić information content (AvgIpc) is 2.84. The maximum atomic E-state index is 12.8. The number of amides is 2. The summed E-state index contributed by atoms with van der Waals surface area (Å²) in [5.41, 5.74) is 1.08. The number of hydrogen-bond acceptors (Lipinski definition) is 4. The molecule has 6 nitrogen and oxygen atoms in total. The molecule has 1 aromatic carbocycles. The van der Waals surface area contributed by atoms with Crippen molar-refractivity contribution >= 4 is 11.8 Å². The van der Waals surface area contributed by atoms with Gasteiger partial charge in [-0.25, -0.2) is 0 Å². The van der Waals surface area contributed by atoms with Crippen molar-refractivity contribution in [3.63, 3.8) is 0 Å². The Bertz CT molecular complexity index is 593. The normalized spacial score (nSPS) is 25.3. The van der Waals surface area contributed by atoms with E-state index in [4.69, 9.17) is 4.74 Å². The first-order chi connectivity index (χ1) is 12.2. The zero-order valence-corrected chi connectivity index (χ0v) is 14.8. The van der Waals surface area contributed by atoms with Gasteiger partial charge in [-0.2, -0.15) is 0 Å². The Balaban J connectivity index is 1.71. The zero-order valence-electron chi connectivity index (χ0n) is 14.8. The smallest absolute Gasteiger partial charge is 0.236 e. The number of rotatable bonds is 4. The van der Waals surface area contributed by atoms with Gasteiger partial charge in [0.2, 0.25) is 11.8 Å². The van der Waals surface area contributed by atoms with Gasteiger partial charge < -0.3 is 15.0 Å². The molecular weight excluding hydrogens is 318 g/mol. The first-order valence-corrected chi connectivity index (χ1v) is 9.12. The molecule has 2 atom stereocenters. The van der Waals surface area contributed by atoms with Crippen LogP contribution >= 0.6 is 0 Å². The van der Waals surface area contributed by atoms with Crippen LogP contribution in [-0.4, -0.2) is 67.0 Å². The van der Waals surface area contributed by atoms with Gasteiger partial charge in [-0.1, -0.05) is 37.3 Å². The highest BCUT2D eigenvalue weighted by Gasteiger charge is 2.30. The number of nitrogens with one attached hydrogen (secondary N) is 1. The van der Waals surface area contributed by atoms with Gasteiger partial charge in [-0.05, 0) is 12.0 Å². The standard InChI is InChI=1S/C19H27N3O3/c1-2-16-13-22(10-11-25-16)19(24)14-21-9-8-20-18(23)12-17(21)15-6-4-3-5-7-15/h3-7,16-17H,2,8-14H2,1H3,(H,20,23)/t16-,17+/m1/s1. The Morgan fingerprint density at radius 2 is 2.08 bits per heavy atom. The lowest BCUT2D eigenvalue weighted by atomic mass is 10.0. The van der Waals surface area contributed by atoms with Crippen LogP contribution in [0.3, 0.4) is 0 Å². The Morgan fingerprint density at radius 1 is 1.28 bits per heavy atom. The van der Waals surface area contributed by atoms with Crippen molar-refractivity contribution in [3.8, 4) is 0 Å². The summed E-state index contributed by atoms with van der Waals surface area (Å²) in [6.07, 6.45) is 1.44. The van der Waals surface area contributed by atoms with E-state index in [0.717, 1.165) is 12.0 Å². The van der Waals surface area contributed by atoms with Gasteiger partial charge in [0.1, 0.15) is 0 Å². The molecule has 2 fully saturated rings. The van der Waals surface area contributed by atoms with Crippen LogP contribution in [0.25, 0.3) is 0 Å². The third-order valence-corrected chi connectivity index (χ3v) is 5.01. The molecule has 1 N–H and O–H groups in total. The number of carbonyl (C=O) groups excluding carboxylic acids is 2. The lowest BCUT2D eigenvalue weighted by Gasteiger charge is -2.35. The number of benzene rings is 1. The van der Waals surface area contributed by atoms with Crippen LogP contribution in [0, 0.1) is 0 Å². The summed E-state index contributed by atoms with van der Waals surface area (Å²) in [5, 5.41) is 2.92. The number of nitrogens with zero attached hydrogens (tertiary/aromatic N) is 2. The van der Waals surface area contributed by atoms with Crippen LogP contribution in [0.1, 0.15) is 31.4 Å². The highest BCUT2D eigenvalue weighted by atomic mass is 16.5. The van der Waals surface area contributed by atoms with Crippen LogP contribution < -0.4 is 5.32 Å². The summed E-state index contributed by atoms with van der Waals surface area (Å²) < 4.78 is 5.66. The lowest BCUT2D eigenvalue weighted by molar-refractivity contribution is -0.140. The van der Waals surface area contributed by atoms with E-state index in [0.29, 0.717) is 45.8 Å². The average molecular weight is 345 g/mol. The van der Waals surface area contributed by atoms with Crippen LogP contribution in [0.2, 0.25) is 0 Å². The fourth-order valence-corrected chi connectivity index (χ4v) is 3.53. The third-order valence-electron chi connectivity index (χ3n) is 5.01. The molecule has 1 aromatic rings. The second-order valence-corrected chi connectivity index (χ2v) is 6.69. The highest BCUT2D eigenvalue weighted by molar-refractivity contribution is 5.79. The van der Waals surface area contributed by atoms with Crippen molar-refractivity contribution in [3.05, 3.63) is 35.9 Å². The number of ether oxygens (including phenoxy) is 1. The van der Waals surface area contributed by atoms with Gasteiger partial charge in [0.05, 0.1) is 19.3 Å². The molecule has 3 rings (SSSR count). The summed E-state index contributed by atoms with van der Waals surface area (Å²) in [4.78, 5) is 28.9. The fourth-order valence-electron chi connectivity index (χ4n) is 3.53. The Kier molecular flexibility index (Phi) is 6.04. The molecule has 6 heteroatoms. The second kappa shape index (κ2) is 8.45. The van der Waals surface area contributed by atoms with Gasteiger partial charge in [0.25, 0.3) is 0 Å². The number of morpholine rings is 1. The topological polar surface area (TPSA) is 61.9 Å². The molecule has 0 saturated carbocycles. The van der Waals surface area contributed by atoms with E-state index >= 15 is 0 Å². The zero-order chi connectivity index (χ0) is 17.6. The molecule has 0 spiro atoms. The molecule has 25 heavy (non-hydrogen) atoms. The van der Waals surface area contributed by atoms with Gasteiger partial charge in [0.15, 0.2) is 0 Å². The SMILES string of the molecule is CC[C@@H]1CN(C(=O)CN2CCNC(=O)C[C@H]2c2ccccc2)CCO1. The van der Waals surface area contributed by atoms with Gasteiger partial charge in [-0.3, -0.25) is 14.5 Å². The van der Waals surface area contributed by atoms with E-state index in [2.05, 4.69) is 17.1 Å². The van der Waals surface area contributed by atoms with Gasteiger partial charge in [-0.15, -0.1) is 0 Å². The van der Waals surface area contributed by atoms with E-state index in [-0.39, 0.29) is 24.0 Å². The van der Waals surface area contributed by atoms with Crippen molar-refractivity contribution < 1.29 is 14.3 Å². The Hall–Kier alpha value is -1.92. The van der Waals surface area contributed by atoms with Crippen LogP contribution in [0.5, 0.6) is 0 Å². The minimum Gasteiger partial charge on any atom is -0.375 e. The molecule has 0 aromatic heterocycles. The molecule has 0 aliphatic carbocycles. The molecule has 2 aliphatic heterocycles. The van der Waals surface area contributed by atoms with E-state index in [1.54, 1.807) is 0 Å². The molecule has 2 amide bonds. The van der Waals surface area contributed by atoms with Crippen molar-refractivity contribution in [2.24, 2.45) is 0 Å². The summed E-state index contributed by atoms with van der Waals surface area (Å²) in [6.45, 7) is 5.59. The predicted molar refractivity (Wildman–Crippen MR) is 95.0 cm³/mol. The molecule has 2 aliphatic rings. The Morgan fingerprint density at radius 3 is 2.84 bits per heavy atom. The van der Waals surface area contributed by atoms with Gasteiger partial charge in [0, 0.05) is 38.6 Å². The summed E-state index contributed by atoms with van der Waals surface area (Å²) in [5.74, 6) is 0.165. The third kappa shape index (κ3) is 4.58. The largest absolute Gasteiger partial charge is 0.375 e. The van der Waals surface area contributed by atoms with Crippen molar-refractivity contribution in [2.75, 3.05) is 39.3 Å². The molecule has 0 unspecified atom stereocenters. The summed E-state index contributed by atoms with van der Waals surface area (Å²) >= 11 is 0. The molecule has 2 heterocycles. The predicted octanol–water partition coefficient (Wildman–Crippen LogP) is 1.19. The second-order valence-electron chi connectivity index (χ2n) is 6.69. The number of carbonyl (C=O) groups is 2. The monoisotopic (exact) mass is 345 g/mol. The minimum atomic E-state index is -0.0596. The Labute approximate surface area is 149 Å². The lowest BCUT2D eigenvalue weighted by Crippen LogP contribution is -2.49. The van der Waals surface area contributed by atoms with E-state index in [1.807, 2.05) is 35.2 Å². The fraction of sp³-hybridized carbons (Fsp3) is 0.579. The molecule has 2 saturated heterocycles. The van der Waals surface area contributed by atoms with Crippen molar-refractivity contribution in [1.82, 2.24) is 15.1 Å². The quantitative estimate of drug-likeness (QED) is 0.890. The minimum absolute atomic E-state index is 0.0428. The van der Waals surface area contributed by atoms with E-state index < -0.39 is 0 Å². The maximum Gasteiger partial charge on any atom is 0.236 e. The van der Waals surface area contributed by atoms with Crippen LogP contribution in [0.15, 0.2) is 30.3 Å². The molecular formula is C19H27N3O3. The first kappa shape index (κ1) is 17.9. The maximum absolute atomic E-state index is 12.8. The summed E-state index contributed by atoms with van der Waals surface area (Å²) in [7, 11) is 0. The van der Waals surface area contributed by atoms with Crippen LogP contribution in [0.4, 0.5) is 0 Å². The summed E-state index contributed by atoms with van der Waals surface area (Å²) in [6, 6.07) is 9.92. The molecule has 0 bridgehead atoms.